The van der Waals surface area contributed by atoms with Crippen LogP contribution in [0.2, 0.25) is 5.02 Å². The molecule has 2 amide bonds. The number of nitrogens with one attached hydrogen (secondary N) is 1. The molecule has 0 bridgehead atoms. The van der Waals surface area contributed by atoms with Crippen molar-refractivity contribution >= 4 is 39.1 Å². The van der Waals surface area contributed by atoms with E-state index in [1.165, 1.54) is 62.6 Å². The van der Waals surface area contributed by atoms with Gasteiger partial charge in [-0.25, -0.2) is 8.42 Å². The predicted molar refractivity (Wildman–Crippen MR) is 146 cm³/mol. The molecule has 0 fully saturated rings. The quantitative estimate of drug-likeness (QED) is 0.384. The summed E-state index contributed by atoms with van der Waals surface area (Å²) in [7, 11) is 0.294. The van der Waals surface area contributed by atoms with E-state index in [1.807, 2.05) is 0 Å². The Morgan fingerprint density at radius 1 is 0.947 bits per heavy atom. The summed E-state index contributed by atoms with van der Waals surface area (Å²) in [5.41, 5.74) is 0.956. The number of hydrogen-bond acceptors (Lipinski definition) is 6. The number of ether oxygens (including phenoxy) is 2. The Kier molecular flexibility index (Phi) is 9.60. The van der Waals surface area contributed by atoms with Crippen LogP contribution in [-0.4, -0.2) is 59.0 Å². The van der Waals surface area contributed by atoms with E-state index >= 15 is 0 Å². The number of sulfonamides is 1. The van der Waals surface area contributed by atoms with Gasteiger partial charge in [0.25, 0.3) is 10.0 Å². The SMILES string of the molecule is CNC(=O)C(C)N(Cc1cccc(OC)c1)C(=O)CN(c1ccc(Cl)cc1)S(=O)(=O)c1ccc(OC)cc1. The number of anilines is 1. The predicted octanol–water partition coefficient (Wildman–Crippen LogP) is 3.72. The van der Waals surface area contributed by atoms with Crippen LogP contribution < -0.4 is 19.1 Å². The van der Waals surface area contributed by atoms with Crippen molar-refractivity contribution in [2.24, 2.45) is 0 Å². The lowest BCUT2D eigenvalue weighted by Gasteiger charge is -2.31. The fourth-order valence-corrected chi connectivity index (χ4v) is 5.31. The third-order valence-corrected chi connectivity index (χ3v) is 7.98. The average molecular weight is 560 g/mol. The van der Waals surface area contributed by atoms with Gasteiger partial charge in [-0.1, -0.05) is 23.7 Å². The van der Waals surface area contributed by atoms with Crippen molar-refractivity contribution in [2.75, 3.05) is 32.1 Å². The summed E-state index contributed by atoms with van der Waals surface area (Å²) in [5, 5.41) is 2.96. The fourth-order valence-electron chi connectivity index (χ4n) is 3.77. The van der Waals surface area contributed by atoms with Crippen LogP contribution in [0.25, 0.3) is 0 Å². The lowest BCUT2D eigenvalue weighted by Crippen LogP contribution is -2.50. The Morgan fingerprint density at radius 2 is 1.58 bits per heavy atom. The van der Waals surface area contributed by atoms with Crippen molar-refractivity contribution in [1.82, 2.24) is 10.2 Å². The summed E-state index contributed by atoms with van der Waals surface area (Å²) in [6.07, 6.45) is 0. The number of likely N-dealkylation sites (N-methyl/N-ethyl adjacent to an activating group) is 1. The number of nitrogens with zero attached hydrogens (tertiary/aromatic N) is 2. The van der Waals surface area contributed by atoms with Crippen molar-refractivity contribution in [3.63, 3.8) is 0 Å². The average Bonchev–Trinajstić information content (AvgIpc) is 2.94. The van der Waals surface area contributed by atoms with Crippen molar-refractivity contribution in [2.45, 2.75) is 24.4 Å². The largest absolute Gasteiger partial charge is 0.497 e. The molecule has 0 aliphatic carbocycles. The number of hydrogen-bond donors (Lipinski definition) is 1. The molecule has 11 heteroatoms. The van der Waals surface area contributed by atoms with E-state index < -0.39 is 34.4 Å². The lowest BCUT2D eigenvalue weighted by molar-refractivity contribution is -0.139. The highest BCUT2D eigenvalue weighted by molar-refractivity contribution is 7.92. The fraction of sp³-hybridized carbons (Fsp3) is 0.259. The van der Waals surface area contributed by atoms with Gasteiger partial charge in [-0.15, -0.1) is 0 Å². The van der Waals surface area contributed by atoms with E-state index in [-0.39, 0.29) is 17.1 Å². The molecule has 0 saturated heterocycles. The van der Waals surface area contributed by atoms with E-state index in [1.54, 1.807) is 43.3 Å². The van der Waals surface area contributed by atoms with Gasteiger partial charge in [0.05, 0.1) is 24.8 Å². The maximum atomic E-state index is 13.8. The molecule has 3 rings (SSSR count). The standard InChI is InChI=1S/C27H30ClN3O6S/c1-19(27(33)29-2)30(17-20-6-5-7-24(16-20)37-4)26(32)18-31(22-10-8-21(28)9-11-22)38(34,35)25-14-12-23(36-3)13-15-25/h5-16,19H,17-18H2,1-4H3,(H,29,33). The first kappa shape index (κ1) is 28.8. The van der Waals surface area contributed by atoms with Gasteiger partial charge in [-0.3, -0.25) is 13.9 Å². The Labute approximate surface area is 228 Å². The van der Waals surface area contributed by atoms with Gasteiger partial charge in [-0.05, 0) is 73.2 Å². The van der Waals surface area contributed by atoms with Gasteiger partial charge < -0.3 is 19.7 Å². The van der Waals surface area contributed by atoms with E-state index in [0.717, 1.165) is 4.31 Å². The number of carbonyl (C=O) groups is 2. The summed E-state index contributed by atoms with van der Waals surface area (Å²) in [6, 6.07) is 18.2. The molecule has 0 heterocycles. The number of methoxy groups -OCH3 is 2. The minimum atomic E-state index is -4.19. The van der Waals surface area contributed by atoms with Crippen molar-refractivity contribution in [3.05, 3.63) is 83.4 Å². The Hall–Kier alpha value is -3.76. The molecular formula is C27H30ClN3O6S. The van der Waals surface area contributed by atoms with Gasteiger partial charge in [0, 0.05) is 18.6 Å². The van der Waals surface area contributed by atoms with Crippen LogP contribution in [0.4, 0.5) is 5.69 Å². The number of halogens is 1. The molecule has 3 aromatic rings. The lowest BCUT2D eigenvalue weighted by atomic mass is 10.1. The smallest absolute Gasteiger partial charge is 0.264 e. The van der Waals surface area contributed by atoms with Crippen LogP contribution in [-0.2, 0) is 26.2 Å². The summed E-state index contributed by atoms with van der Waals surface area (Å²) < 4.78 is 38.9. The molecule has 0 spiro atoms. The first-order valence-electron chi connectivity index (χ1n) is 11.7. The molecule has 0 aliphatic heterocycles. The molecule has 0 aromatic heterocycles. The zero-order valence-electron chi connectivity index (χ0n) is 21.5. The maximum Gasteiger partial charge on any atom is 0.264 e. The van der Waals surface area contributed by atoms with Crippen LogP contribution in [0.15, 0.2) is 77.7 Å². The molecule has 202 valence electrons. The van der Waals surface area contributed by atoms with Gasteiger partial charge in [0.2, 0.25) is 11.8 Å². The molecule has 0 saturated carbocycles. The van der Waals surface area contributed by atoms with Crippen LogP contribution >= 0.6 is 11.6 Å². The van der Waals surface area contributed by atoms with Crippen LogP contribution in [0.5, 0.6) is 11.5 Å². The molecule has 1 N–H and O–H groups in total. The molecule has 38 heavy (non-hydrogen) atoms. The Bertz CT molecular complexity index is 1360. The summed E-state index contributed by atoms with van der Waals surface area (Å²) in [4.78, 5) is 27.6. The first-order valence-corrected chi connectivity index (χ1v) is 13.5. The summed E-state index contributed by atoms with van der Waals surface area (Å²) in [5.74, 6) is 0.113. The van der Waals surface area contributed by atoms with Crippen LogP contribution in [0.1, 0.15) is 12.5 Å². The summed E-state index contributed by atoms with van der Waals surface area (Å²) >= 11 is 6.03. The molecule has 0 aliphatic rings. The Morgan fingerprint density at radius 3 is 2.16 bits per heavy atom. The second-order valence-electron chi connectivity index (χ2n) is 8.33. The molecule has 1 unspecified atom stereocenters. The topological polar surface area (TPSA) is 105 Å². The molecule has 9 nitrogen and oxygen atoms in total. The third-order valence-electron chi connectivity index (χ3n) is 5.94. The zero-order valence-corrected chi connectivity index (χ0v) is 23.1. The van der Waals surface area contributed by atoms with Gasteiger partial charge in [-0.2, -0.15) is 0 Å². The first-order chi connectivity index (χ1) is 18.1. The number of carbonyl (C=O) groups excluding carboxylic acids is 2. The van der Waals surface area contributed by atoms with Crippen LogP contribution in [0, 0.1) is 0 Å². The number of rotatable bonds is 11. The molecule has 1 atom stereocenters. The molecule has 3 aromatic carbocycles. The molecular weight excluding hydrogens is 530 g/mol. The van der Waals surface area contributed by atoms with Gasteiger partial charge in [0.15, 0.2) is 0 Å². The molecule has 0 radical (unpaired) electrons. The van der Waals surface area contributed by atoms with E-state index in [9.17, 15) is 18.0 Å². The highest BCUT2D eigenvalue weighted by Crippen LogP contribution is 2.27. The second-order valence-corrected chi connectivity index (χ2v) is 10.6. The van der Waals surface area contributed by atoms with E-state index in [2.05, 4.69) is 5.32 Å². The number of benzene rings is 3. The zero-order chi connectivity index (χ0) is 27.9. The highest BCUT2D eigenvalue weighted by Gasteiger charge is 2.32. The monoisotopic (exact) mass is 559 g/mol. The van der Waals surface area contributed by atoms with Crippen molar-refractivity contribution in [3.8, 4) is 11.5 Å². The Balaban J connectivity index is 2.02. The highest BCUT2D eigenvalue weighted by atomic mass is 35.5. The minimum absolute atomic E-state index is 0.0280. The number of amides is 2. The summed E-state index contributed by atoms with van der Waals surface area (Å²) in [6.45, 7) is 1.09. The normalized spacial score (nSPS) is 11.8. The van der Waals surface area contributed by atoms with E-state index in [0.29, 0.717) is 22.1 Å². The van der Waals surface area contributed by atoms with Gasteiger partial charge >= 0.3 is 0 Å². The van der Waals surface area contributed by atoms with Crippen molar-refractivity contribution in [1.29, 1.82) is 0 Å². The second kappa shape index (κ2) is 12.7. The third kappa shape index (κ3) is 6.76. The van der Waals surface area contributed by atoms with Crippen molar-refractivity contribution < 1.29 is 27.5 Å². The van der Waals surface area contributed by atoms with Crippen LogP contribution in [0.3, 0.4) is 0 Å². The van der Waals surface area contributed by atoms with E-state index in [4.69, 9.17) is 21.1 Å². The van der Waals surface area contributed by atoms with Gasteiger partial charge in [0.1, 0.15) is 24.1 Å². The minimum Gasteiger partial charge on any atom is -0.497 e. The maximum absolute atomic E-state index is 13.8.